The molecular formula is C24H36N4O3. The summed E-state index contributed by atoms with van der Waals surface area (Å²) in [7, 11) is 0. The first kappa shape index (κ1) is 22.2. The lowest BCUT2D eigenvalue weighted by atomic mass is 9.92. The number of likely N-dealkylation sites (tertiary alicyclic amines) is 1. The van der Waals surface area contributed by atoms with Gasteiger partial charge in [0.05, 0.1) is 0 Å². The molecule has 3 aliphatic rings. The Kier molecular flexibility index (Phi) is 8.32. The summed E-state index contributed by atoms with van der Waals surface area (Å²) in [6.07, 6.45) is 16.9. The molecule has 3 fully saturated rings. The predicted octanol–water partition coefficient (Wildman–Crippen LogP) is 3.88. The van der Waals surface area contributed by atoms with Crippen LogP contribution in [0.15, 0.2) is 24.4 Å². The number of piperidine rings is 1. The highest BCUT2D eigenvalue weighted by Gasteiger charge is 2.27. The topological polar surface area (TPSA) is 75.7 Å². The van der Waals surface area contributed by atoms with Crippen molar-refractivity contribution in [2.75, 3.05) is 25.0 Å². The van der Waals surface area contributed by atoms with Gasteiger partial charge >= 0.3 is 0 Å². The lowest BCUT2D eigenvalue weighted by Crippen LogP contribution is -2.47. The van der Waals surface area contributed by atoms with E-state index >= 15 is 0 Å². The van der Waals surface area contributed by atoms with Crippen LogP contribution in [-0.2, 0) is 14.4 Å². The Morgan fingerprint density at radius 3 is 2.74 bits per heavy atom. The molecule has 0 aromatic carbocycles. The summed E-state index contributed by atoms with van der Waals surface area (Å²) in [5.41, 5.74) is 3.31. The van der Waals surface area contributed by atoms with Gasteiger partial charge < -0.3 is 10.1 Å². The van der Waals surface area contributed by atoms with E-state index in [1.165, 1.54) is 57.6 Å². The van der Waals surface area contributed by atoms with Crippen LogP contribution in [0.3, 0.4) is 0 Å². The Morgan fingerprint density at radius 2 is 1.97 bits per heavy atom. The SMILES string of the molecule is O=C(C=Cc1ccc(N[C@@H]2CCCN(C3CCCCC3)C2)nc1)NOC1CCCCO1. The fraction of sp³-hybridized carbons (Fsp3) is 0.667. The maximum Gasteiger partial charge on any atom is 0.267 e. The van der Waals surface area contributed by atoms with Crippen molar-refractivity contribution in [2.45, 2.75) is 82.6 Å². The number of hydroxylamine groups is 1. The molecule has 7 heteroatoms. The molecule has 1 aromatic heterocycles. The number of anilines is 1. The van der Waals surface area contributed by atoms with Gasteiger partial charge in [-0.3, -0.25) is 9.69 Å². The summed E-state index contributed by atoms with van der Waals surface area (Å²) in [5.74, 6) is 0.594. The summed E-state index contributed by atoms with van der Waals surface area (Å²) in [4.78, 5) is 24.5. The van der Waals surface area contributed by atoms with Gasteiger partial charge in [-0.25, -0.2) is 15.3 Å². The zero-order valence-corrected chi connectivity index (χ0v) is 18.4. The lowest BCUT2D eigenvalue weighted by Gasteiger charge is -2.40. The Hall–Kier alpha value is -1.96. The normalized spacial score (nSPS) is 26.1. The quantitative estimate of drug-likeness (QED) is 0.507. The third-order valence-corrected chi connectivity index (χ3v) is 6.54. The molecule has 1 amide bonds. The molecule has 1 aliphatic carbocycles. The molecule has 3 heterocycles. The van der Waals surface area contributed by atoms with Gasteiger partial charge in [0.2, 0.25) is 0 Å². The summed E-state index contributed by atoms with van der Waals surface area (Å²) < 4.78 is 5.43. The fourth-order valence-electron chi connectivity index (χ4n) is 4.83. The van der Waals surface area contributed by atoms with Gasteiger partial charge in [-0.05, 0) is 68.8 Å². The molecule has 2 saturated heterocycles. The van der Waals surface area contributed by atoms with Crippen LogP contribution < -0.4 is 10.8 Å². The van der Waals surface area contributed by atoms with Crippen LogP contribution in [-0.4, -0.2) is 53.9 Å². The van der Waals surface area contributed by atoms with Gasteiger partial charge in [-0.1, -0.05) is 19.3 Å². The van der Waals surface area contributed by atoms with Crippen LogP contribution in [0.2, 0.25) is 0 Å². The van der Waals surface area contributed by atoms with Gasteiger partial charge in [0.15, 0.2) is 6.29 Å². The minimum atomic E-state index is -0.341. The van der Waals surface area contributed by atoms with Crippen LogP contribution in [0.25, 0.3) is 6.08 Å². The summed E-state index contributed by atoms with van der Waals surface area (Å²) in [6.45, 7) is 3.03. The number of nitrogens with one attached hydrogen (secondary N) is 2. The van der Waals surface area contributed by atoms with Crippen LogP contribution in [0.1, 0.15) is 69.8 Å². The van der Waals surface area contributed by atoms with Crippen molar-refractivity contribution in [1.82, 2.24) is 15.4 Å². The minimum absolute atomic E-state index is 0.304. The number of hydrogen-bond donors (Lipinski definition) is 2. The summed E-state index contributed by atoms with van der Waals surface area (Å²) >= 11 is 0. The van der Waals surface area contributed by atoms with Crippen molar-refractivity contribution in [3.63, 3.8) is 0 Å². The highest BCUT2D eigenvalue weighted by molar-refractivity contribution is 5.90. The van der Waals surface area contributed by atoms with E-state index in [0.717, 1.165) is 43.2 Å². The van der Waals surface area contributed by atoms with Crippen molar-refractivity contribution >= 4 is 17.8 Å². The fourth-order valence-corrected chi connectivity index (χ4v) is 4.83. The molecule has 170 valence electrons. The Morgan fingerprint density at radius 1 is 1.10 bits per heavy atom. The Bertz CT molecular complexity index is 712. The highest BCUT2D eigenvalue weighted by atomic mass is 16.8. The third-order valence-electron chi connectivity index (χ3n) is 6.54. The second-order valence-electron chi connectivity index (χ2n) is 8.96. The van der Waals surface area contributed by atoms with E-state index in [9.17, 15) is 4.79 Å². The second-order valence-corrected chi connectivity index (χ2v) is 8.96. The first-order valence-electron chi connectivity index (χ1n) is 12.0. The van der Waals surface area contributed by atoms with Gasteiger partial charge in [0.1, 0.15) is 5.82 Å². The number of ether oxygens (including phenoxy) is 1. The minimum Gasteiger partial charge on any atom is -0.366 e. The summed E-state index contributed by atoms with van der Waals surface area (Å²) in [6, 6.07) is 5.20. The van der Waals surface area contributed by atoms with Gasteiger partial charge in [0.25, 0.3) is 5.91 Å². The molecular weight excluding hydrogens is 392 g/mol. The average molecular weight is 429 g/mol. The van der Waals surface area contributed by atoms with Crippen molar-refractivity contribution in [1.29, 1.82) is 0 Å². The molecule has 7 nitrogen and oxygen atoms in total. The van der Waals surface area contributed by atoms with Crippen molar-refractivity contribution in [3.05, 3.63) is 30.0 Å². The molecule has 2 N–H and O–H groups in total. The average Bonchev–Trinajstić information content (AvgIpc) is 2.84. The zero-order chi connectivity index (χ0) is 21.3. The van der Waals surface area contributed by atoms with Crippen LogP contribution in [0.5, 0.6) is 0 Å². The van der Waals surface area contributed by atoms with Gasteiger partial charge in [-0.15, -0.1) is 0 Å². The maximum absolute atomic E-state index is 11.9. The van der Waals surface area contributed by atoms with Crippen LogP contribution in [0.4, 0.5) is 5.82 Å². The first-order chi connectivity index (χ1) is 15.3. The molecule has 0 spiro atoms. The molecule has 1 saturated carbocycles. The number of amides is 1. The largest absolute Gasteiger partial charge is 0.366 e. The number of pyridine rings is 1. The van der Waals surface area contributed by atoms with E-state index < -0.39 is 0 Å². The van der Waals surface area contributed by atoms with E-state index in [2.05, 4.69) is 20.7 Å². The lowest BCUT2D eigenvalue weighted by molar-refractivity contribution is -0.198. The Balaban J connectivity index is 1.21. The molecule has 1 unspecified atom stereocenters. The number of rotatable bonds is 7. The first-order valence-corrected chi connectivity index (χ1v) is 12.0. The highest BCUT2D eigenvalue weighted by Crippen LogP contribution is 2.26. The van der Waals surface area contributed by atoms with Gasteiger partial charge in [0, 0.05) is 43.9 Å². The van der Waals surface area contributed by atoms with E-state index in [4.69, 9.17) is 9.57 Å². The van der Waals surface area contributed by atoms with Crippen molar-refractivity contribution in [3.8, 4) is 0 Å². The number of nitrogens with zero attached hydrogens (tertiary/aromatic N) is 2. The Labute approximate surface area is 185 Å². The smallest absolute Gasteiger partial charge is 0.267 e. The molecule has 0 bridgehead atoms. The molecule has 1 aromatic rings. The van der Waals surface area contributed by atoms with Crippen LogP contribution in [0, 0.1) is 0 Å². The summed E-state index contributed by atoms with van der Waals surface area (Å²) in [5, 5.41) is 3.61. The number of hydrogen-bond acceptors (Lipinski definition) is 6. The van der Waals surface area contributed by atoms with E-state index in [0.29, 0.717) is 12.6 Å². The molecule has 2 aliphatic heterocycles. The number of aromatic nitrogens is 1. The number of carbonyl (C=O) groups excluding carboxylic acids is 1. The third kappa shape index (κ3) is 7.02. The monoisotopic (exact) mass is 428 g/mol. The van der Waals surface area contributed by atoms with Crippen molar-refractivity contribution < 1.29 is 14.4 Å². The van der Waals surface area contributed by atoms with Crippen LogP contribution >= 0.6 is 0 Å². The van der Waals surface area contributed by atoms with E-state index in [1.807, 2.05) is 12.1 Å². The van der Waals surface area contributed by atoms with Crippen molar-refractivity contribution in [2.24, 2.45) is 0 Å². The number of carbonyl (C=O) groups is 1. The standard InChI is InChI=1S/C24H36N4O3/c29-23(27-31-24-10-4-5-16-30-24)14-12-19-11-13-22(25-17-19)26-20-7-6-15-28(18-20)21-8-2-1-3-9-21/h11-14,17,20-21,24H,1-10,15-16,18H2,(H,25,26)(H,27,29)/t20-,24?/m1/s1. The second kappa shape index (κ2) is 11.6. The maximum atomic E-state index is 11.9. The molecule has 4 rings (SSSR count). The molecule has 2 atom stereocenters. The molecule has 31 heavy (non-hydrogen) atoms. The van der Waals surface area contributed by atoms with E-state index in [-0.39, 0.29) is 12.2 Å². The molecule has 0 radical (unpaired) electrons. The zero-order valence-electron chi connectivity index (χ0n) is 18.4. The predicted molar refractivity (Wildman–Crippen MR) is 121 cm³/mol. The van der Waals surface area contributed by atoms with Gasteiger partial charge in [-0.2, -0.15) is 0 Å². The van der Waals surface area contributed by atoms with E-state index in [1.54, 1.807) is 12.3 Å².